The van der Waals surface area contributed by atoms with Crippen LogP contribution >= 0.6 is 15.9 Å². The van der Waals surface area contributed by atoms with Gasteiger partial charge in [-0.15, -0.1) is 0 Å². The molecular formula is C15H20BrN3O. The van der Waals surface area contributed by atoms with Crippen LogP contribution in [-0.4, -0.2) is 22.7 Å². The minimum Gasteiger partial charge on any atom is -0.339 e. The summed E-state index contributed by atoms with van der Waals surface area (Å²) in [6, 6.07) is 8.26. The van der Waals surface area contributed by atoms with Crippen LogP contribution in [0.15, 0.2) is 33.3 Å². The number of nitrogens with one attached hydrogen (secondary N) is 1. The number of nitrogens with zero attached hydrogens (tertiary/aromatic N) is 2. The van der Waals surface area contributed by atoms with Crippen molar-refractivity contribution in [2.24, 2.45) is 5.92 Å². The van der Waals surface area contributed by atoms with Gasteiger partial charge in [-0.3, -0.25) is 0 Å². The molecule has 1 aromatic heterocycles. The second-order valence-corrected chi connectivity index (χ2v) is 6.05. The molecule has 2 rings (SSSR count). The van der Waals surface area contributed by atoms with Crippen molar-refractivity contribution in [3.8, 4) is 11.4 Å². The molecule has 0 aliphatic carbocycles. The summed E-state index contributed by atoms with van der Waals surface area (Å²) in [6.45, 7) is 7.43. The third-order valence-electron chi connectivity index (χ3n) is 3.22. The van der Waals surface area contributed by atoms with E-state index in [4.69, 9.17) is 4.52 Å². The minimum atomic E-state index is 0.357. The van der Waals surface area contributed by atoms with Crippen molar-refractivity contribution < 1.29 is 4.52 Å². The van der Waals surface area contributed by atoms with E-state index in [0.29, 0.717) is 23.7 Å². The maximum Gasteiger partial charge on any atom is 0.228 e. The first-order chi connectivity index (χ1) is 9.60. The molecule has 1 aromatic carbocycles. The fraction of sp³-hybridized carbons (Fsp3) is 0.467. The molecule has 108 valence electrons. The van der Waals surface area contributed by atoms with Crippen molar-refractivity contribution >= 4 is 15.9 Å². The molecule has 1 N–H and O–H groups in total. The zero-order valence-corrected chi connectivity index (χ0v) is 13.6. The predicted molar refractivity (Wildman–Crippen MR) is 83.4 cm³/mol. The Labute approximate surface area is 128 Å². The summed E-state index contributed by atoms with van der Waals surface area (Å²) in [6.07, 6.45) is 0.756. The van der Waals surface area contributed by atoms with Crippen molar-refractivity contribution in [3.63, 3.8) is 0 Å². The Bertz CT molecular complexity index is 554. The maximum absolute atomic E-state index is 5.37. The van der Waals surface area contributed by atoms with E-state index in [1.54, 1.807) is 0 Å². The number of likely N-dealkylation sites (N-methyl/N-ethyl adjacent to an activating group) is 1. The van der Waals surface area contributed by atoms with Gasteiger partial charge in [0.25, 0.3) is 0 Å². The second kappa shape index (κ2) is 6.99. The van der Waals surface area contributed by atoms with Gasteiger partial charge in [-0.25, -0.2) is 0 Å². The summed E-state index contributed by atoms with van der Waals surface area (Å²) in [4.78, 5) is 4.49. The molecule has 1 atom stereocenters. The van der Waals surface area contributed by atoms with E-state index >= 15 is 0 Å². The van der Waals surface area contributed by atoms with E-state index in [1.165, 1.54) is 0 Å². The lowest BCUT2D eigenvalue weighted by Crippen LogP contribution is -2.35. The molecule has 1 unspecified atom stereocenters. The van der Waals surface area contributed by atoms with Crippen LogP contribution in [0.25, 0.3) is 11.4 Å². The number of rotatable bonds is 6. The lowest BCUT2D eigenvalue weighted by Gasteiger charge is -2.19. The van der Waals surface area contributed by atoms with Crippen molar-refractivity contribution in [2.45, 2.75) is 33.2 Å². The van der Waals surface area contributed by atoms with Gasteiger partial charge in [-0.2, -0.15) is 4.98 Å². The highest BCUT2D eigenvalue weighted by molar-refractivity contribution is 9.10. The molecule has 4 nitrogen and oxygen atoms in total. The van der Waals surface area contributed by atoms with Crippen LogP contribution in [0.5, 0.6) is 0 Å². The zero-order chi connectivity index (χ0) is 14.5. The van der Waals surface area contributed by atoms with Crippen LogP contribution in [0.1, 0.15) is 26.7 Å². The highest BCUT2D eigenvalue weighted by Gasteiger charge is 2.17. The summed E-state index contributed by atoms with van der Waals surface area (Å²) < 4.78 is 6.38. The molecule has 0 spiro atoms. The Kier molecular flexibility index (Phi) is 5.31. The Morgan fingerprint density at radius 3 is 2.80 bits per heavy atom. The molecule has 5 heteroatoms. The summed E-state index contributed by atoms with van der Waals surface area (Å²) in [5.41, 5.74) is 0.957. The Morgan fingerprint density at radius 2 is 2.15 bits per heavy atom. The zero-order valence-electron chi connectivity index (χ0n) is 12.1. The van der Waals surface area contributed by atoms with E-state index in [-0.39, 0.29) is 0 Å². The SMILES string of the molecule is CCNC(Cc1nc(-c2cccc(Br)c2)no1)C(C)C. The Hall–Kier alpha value is -1.20. The van der Waals surface area contributed by atoms with E-state index in [1.807, 2.05) is 24.3 Å². The van der Waals surface area contributed by atoms with E-state index in [9.17, 15) is 0 Å². The standard InChI is InChI=1S/C15H20BrN3O/c1-4-17-13(10(2)3)9-14-18-15(19-20-14)11-6-5-7-12(16)8-11/h5-8,10,13,17H,4,9H2,1-3H3. The molecule has 2 aromatic rings. The number of halogens is 1. The van der Waals surface area contributed by atoms with Gasteiger partial charge in [0.1, 0.15) is 0 Å². The van der Waals surface area contributed by atoms with E-state index in [2.05, 4.69) is 52.2 Å². The van der Waals surface area contributed by atoms with Gasteiger partial charge in [0, 0.05) is 22.5 Å². The van der Waals surface area contributed by atoms with Gasteiger partial charge < -0.3 is 9.84 Å². The quantitative estimate of drug-likeness (QED) is 0.873. The molecule has 20 heavy (non-hydrogen) atoms. The lowest BCUT2D eigenvalue weighted by molar-refractivity contribution is 0.329. The van der Waals surface area contributed by atoms with E-state index < -0.39 is 0 Å². The lowest BCUT2D eigenvalue weighted by atomic mass is 10.0. The van der Waals surface area contributed by atoms with Crippen molar-refractivity contribution in [1.29, 1.82) is 0 Å². The summed E-state index contributed by atoms with van der Waals surface area (Å²) in [5.74, 6) is 1.84. The number of aromatic nitrogens is 2. The van der Waals surface area contributed by atoms with Crippen LogP contribution in [0.3, 0.4) is 0 Å². The highest BCUT2D eigenvalue weighted by atomic mass is 79.9. The van der Waals surface area contributed by atoms with Crippen LogP contribution in [-0.2, 0) is 6.42 Å². The average Bonchev–Trinajstić information content (AvgIpc) is 2.87. The highest BCUT2D eigenvalue weighted by Crippen LogP contribution is 2.21. The van der Waals surface area contributed by atoms with Crippen LogP contribution in [0.4, 0.5) is 0 Å². The van der Waals surface area contributed by atoms with Crippen molar-refractivity contribution in [2.75, 3.05) is 6.54 Å². The van der Waals surface area contributed by atoms with Crippen molar-refractivity contribution in [3.05, 3.63) is 34.6 Å². The Balaban J connectivity index is 2.12. The molecule has 0 fully saturated rings. The molecule has 0 saturated heterocycles. The first kappa shape index (κ1) is 15.2. The fourth-order valence-corrected chi connectivity index (χ4v) is 2.48. The van der Waals surface area contributed by atoms with Gasteiger partial charge in [0.15, 0.2) is 0 Å². The predicted octanol–water partition coefficient (Wildman–Crippen LogP) is 3.68. The Morgan fingerprint density at radius 1 is 1.35 bits per heavy atom. The van der Waals surface area contributed by atoms with E-state index in [0.717, 1.165) is 23.0 Å². The molecule has 0 aliphatic heterocycles. The number of hydrogen-bond acceptors (Lipinski definition) is 4. The van der Waals surface area contributed by atoms with Crippen molar-refractivity contribution in [1.82, 2.24) is 15.5 Å². The normalized spacial score (nSPS) is 12.8. The summed E-state index contributed by atoms with van der Waals surface area (Å²) in [5, 5.41) is 7.52. The second-order valence-electron chi connectivity index (χ2n) is 5.13. The van der Waals surface area contributed by atoms with Crippen LogP contribution in [0, 0.1) is 5.92 Å². The molecule has 0 radical (unpaired) electrons. The number of benzene rings is 1. The third kappa shape index (κ3) is 3.90. The average molecular weight is 338 g/mol. The molecule has 0 aliphatic rings. The molecule has 0 bridgehead atoms. The largest absolute Gasteiger partial charge is 0.339 e. The molecular weight excluding hydrogens is 318 g/mol. The number of hydrogen-bond donors (Lipinski definition) is 1. The van der Waals surface area contributed by atoms with Gasteiger partial charge in [0.05, 0.1) is 0 Å². The first-order valence-electron chi connectivity index (χ1n) is 6.92. The maximum atomic E-state index is 5.37. The first-order valence-corrected chi connectivity index (χ1v) is 7.71. The fourth-order valence-electron chi connectivity index (χ4n) is 2.08. The van der Waals surface area contributed by atoms with Gasteiger partial charge in [-0.1, -0.05) is 54.0 Å². The van der Waals surface area contributed by atoms with Crippen LogP contribution in [0.2, 0.25) is 0 Å². The third-order valence-corrected chi connectivity index (χ3v) is 3.71. The molecule has 0 amide bonds. The minimum absolute atomic E-state index is 0.357. The molecule has 1 heterocycles. The van der Waals surface area contributed by atoms with Gasteiger partial charge in [-0.05, 0) is 24.6 Å². The van der Waals surface area contributed by atoms with Gasteiger partial charge in [0.2, 0.25) is 11.7 Å². The monoisotopic (exact) mass is 337 g/mol. The molecule has 0 saturated carbocycles. The van der Waals surface area contributed by atoms with Gasteiger partial charge >= 0.3 is 0 Å². The smallest absolute Gasteiger partial charge is 0.228 e. The summed E-state index contributed by atoms with van der Waals surface area (Å²) in [7, 11) is 0. The topological polar surface area (TPSA) is 51.0 Å². The summed E-state index contributed by atoms with van der Waals surface area (Å²) >= 11 is 3.45. The van der Waals surface area contributed by atoms with Crippen LogP contribution < -0.4 is 5.32 Å².